The van der Waals surface area contributed by atoms with Crippen LogP contribution in [0.2, 0.25) is 0 Å². The molecule has 0 aliphatic carbocycles. The molecule has 4 atom stereocenters. The fraction of sp³-hybridized carbons (Fsp3) is 0.875. The highest BCUT2D eigenvalue weighted by molar-refractivity contribution is 5.72. The highest BCUT2D eigenvalue weighted by atomic mass is 19.1. The summed E-state index contributed by atoms with van der Waals surface area (Å²) in [6.07, 6.45) is -3.27. The molecule has 4 unspecified atom stereocenters. The zero-order valence-corrected chi connectivity index (χ0v) is 7.31. The van der Waals surface area contributed by atoms with E-state index in [1.807, 2.05) is 0 Å². The SMILES string of the molecule is CC1CCC(C(O)C(F)C(=O)O)O1. The second kappa shape index (κ2) is 4.02. The summed E-state index contributed by atoms with van der Waals surface area (Å²) in [7, 11) is 0. The summed E-state index contributed by atoms with van der Waals surface area (Å²) in [5.74, 6) is -1.64. The van der Waals surface area contributed by atoms with Gasteiger partial charge < -0.3 is 14.9 Å². The Morgan fingerprint density at radius 3 is 2.62 bits per heavy atom. The van der Waals surface area contributed by atoms with E-state index in [1.165, 1.54) is 0 Å². The van der Waals surface area contributed by atoms with E-state index < -0.39 is 24.3 Å². The third-order valence-electron chi connectivity index (χ3n) is 2.18. The topological polar surface area (TPSA) is 66.8 Å². The van der Waals surface area contributed by atoms with Gasteiger partial charge in [-0.15, -0.1) is 0 Å². The van der Waals surface area contributed by atoms with Gasteiger partial charge in [-0.1, -0.05) is 0 Å². The minimum absolute atomic E-state index is 0.0272. The lowest BCUT2D eigenvalue weighted by Gasteiger charge is -2.19. The van der Waals surface area contributed by atoms with Crippen molar-refractivity contribution in [3.63, 3.8) is 0 Å². The van der Waals surface area contributed by atoms with Crippen molar-refractivity contribution in [2.75, 3.05) is 0 Å². The summed E-state index contributed by atoms with van der Waals surface area (Å²) in [4.78, 5) is 10.2. The summed E-state index contributed by atoms with van der Waals surface area (Å²) in [6.45, 7) is 1.81. The number of aliphatic hydroxyl groups excluding tert-OH is 1. The van der Waals surface area contributed by atoms with E-state index in [4.69, 9.17) is 9.84 Å². The first-order valence-corrected chi connectivity index (χ1v) is 4.22. The fourth-order valence-electron chi connectivity index (χ4n) is 1.42. The Labute approximate surface area is 75.3 Å². The van der Waals surface area contributed by atoms with Crippen LogP contribution in [0, 0.1) is 0 Å². The highest BCUT2D eigenvalue weighted by Crippen LogP contribution is 2.23. The number of rotatable bonds is 3. The summed E-state index contributed by atoms with van der Waals surface area (Å²) < 4.78 is 17.9. The number of carboxylic acids is 1. The van der Waals surface area contributed by atoms with Gasteiger partial charge in [0.2, 0.25) is 6.17 Å². The van der Waals surface area contributed by atoms with Crippen molar-refractivity contribution >= 4 is 5.97 Å². The summed E-state index contributed by atoms with van der Waals surface area (Å²) in [5.41, 5.74) is 0. The van der Waals surface area contributed by atoms with Gasteiger partial charge >= 0.3 is 5.97 Å². The van der Waals surface area contributed by atoms with Gasteiger partial charge in [0.25, 0.3) is 0 Å². The lowest BCUT2D eigenvalue weighted by molar-refractivity contribution is -0.152. The average Bonchev–Trinajstić information content (AvgIpc) is 2.49. The third kappa shape index (κ3) is 2.38. The molecule has 0 aromatic heterocycles. The molecule has 0 radical (unpaired) electrons. The minimum Gasteiger partial charge on any atom is -0.479 e. The molecule has 2 N–H and O–H groups in total. The molecule has 0 amide bonds. The van der Waals surface area contributed by atoms with Gasteiger partial charge in [-0.3, -0.25) is 0 Å². The largest absolute Gasteiger partial charge is 0.479 e. The Morgan fingerprint density at radius 1 is 1.62 bits per heavy atom. The maximum atomic E-state index is 12.8. The van der Waals surface area contributed by atoms with Crippen molar-refractivity contribution in [3.8, 4) is 0 Å². The quantitative estimate of drug-likeness (QED) is 0.676. The number of carbonyl (C=O) groups is 1. The van der Waals surface area contributed by atoms with Gasteiger partial charge in [0.1, 0.15) is 6.10 Å². The summed E-state index contributed by atoms with van der Waals surface area (Å²) in [5, 5.41) is 17.5. The van der Waals surface area contributed by atoms with E-state index >= 15 is 0 Å². The molecule has 0 saturated carbocycles. The van der Waals surface area contributed by atoms with Gasteiger partial charge in [-0.2, -0.15) is 0 Å². The van der Waals surface area contributed by atoms with Crippen molar-refractivity contribution in [2.24, 2.45) is 0 Å². The molecule has 13 heavy (non-hydrogen) atoms. The van der Waals surface area contributed by atoms with E-state index in [2.05, 4.69) is 0 Å². The number of aliphatic carboxylic acids is 1. The minimum atomic E-state index is -2.25. The number of carboxylic acid groups (broad SMARTS) is 1. The molecular formula is C8H13FO4. The molecule has 1 saturated heterocycles. The standard InChI is InChI=1S/C8H13FO4/c1-4-2-3-5(13-4)7(10)6(9)8(11)12/h4-7,10H,2-3H2,1H3,(H,11,12). The van der Waals surface area contributed by atoms with Gasteiger partial charge in [0.15, 0.2) is 0 Å². The predicted octanol–water partition coefficient (Wildman–Crippen LogP) is 0.338. The second-order valence-electron chi connectivity index (χ2n) is 3.29. The van der Waals surface area contributed by atoms with Crippen molar-refractivity contribution in [1.82, 2.24) is 0 Å². The number of hydrogen-bond acceptors (Lipinski definition) is 3. The number of halogens is 1. The number of aliphatic hydroxyl groups is 1. The van der Waals surface area contributed by atoms with Crippen LogP contribution in [0.25, 0.3) is 0 Å². The molecule has 5 heteroatoms. The molecule has 1 aliphatic heterocycles. The molecule has 0 bridgehead atoms. The maximum Gasteiger partial charge on any atom is 0.341 e. The Morgan fingerprint density at radius 2 is 2.23 bits per heavy atom. The molecule has 0 spiro atoms. The van der Waals surface area contributed by atoms with Crippen LogP contribution in [0.1, 0.15) is 19.8 Å². The zero-order valence-electron chi connectivity index (χ0n) is 7.31. The van der Waals surface area contributed by atoms with Crippen LogP contribution in [-0.2, 0) is 9.53 Å². The summed E-state index contributed by atoms with van der Waals surface area (Å²) in [6, 6.07) is 0. The third-order valence-corrected chi connectivity index (χ3v) is 2.18. The van der Waals surface area contributed by atoms with Crippen LogP contribution in [-0.4, -0.2) is 40.7 Å². The van der Waals surface area contributed by atoms with Gasteiger partial charge in [0, 0.05) is 0 Å². The van der Waals surface area contributed by atoms with E-state index in [0.29, 0.717) is 6.42 Å². The molecule has 1 aliphatic rings. The zero-order chi connectivity index (χ0) is 10.0. The van der Waals surface area contributed by atoms with E-state index in [-0.39, 0.29) is 6.10 Å². The Bertz CT molecular complexity index is 197. The first kappa shape index (κ1) is 10.4. The lowest BCUT2D eigenvalue weighted by Crippen LogP contribution is -2.39. The highest BCUT2D eigenvalue weighted by Gasteiger charge is 2.37. The molecule has 0 aromatic carbocycles. The molecule has 1 fully saturated rings. The van der Waals surface area contributed by atoms with Crippen LogP contribution in [0.4, 0.5) is 4.39 Å². The van der Waals surface area contributed by atoms with Crippen LogP contribution in [0.5, 0.6) is 0 Å². The average molecular weight is 192 g/mol. The molecule has 1 rings (SSSR count). The van der Waals surface area contributed by atoms with Crippen molar-refractivity contribution in [1.29, 1.82) is 0 Å². The second-order valence-corrected chi connectivity index (χ2v) is 3.29. The van der Waals surface area contributed by atoms with E-state index in [9.17, 15) is 14.3 Å². The number of ether oxygens (including phenoxy) is 1. The Hall–Kier alpha value is -0.680. The fourth-order valence-corrected chi connectivity index (χ4v) is 1.42. The molecular weight excluding hydrogens is 179 g/mol. The van der Waals surface area contributed by atoms with Crippen molar-refractivity contribution < 1.29 is 24.1 Å². The molecule has 76 valence electrons. The predicted molar refractivity (Wildman–Crippen MR) is 42.1 cm³/mol. The molecule has 0 aromatic rings. The van der Waals surface area contributed by atoms with Gasteiger partial charge in [-0.05, 0) is 19.8 Å². The van der Waals surface area contributed by atoms with Gasteiger partial charge in [-0.25, -0.2) is 9.18 Å². The molecule has 4 nitrogen and oxygen atoms in total. The van der Waals surface area contributed by atoms with Crippen molar-refractivity contribution in [3.05, 3.63) is 0 Å². The number of alkyl halides is 1. The maximum absolute atomic E-state index is 12.8. The lowest BCUT2D eigenvalue weighted by atomic mass is 10.1. The van der Waals surface area contributed by atoms with Crippen LogP contribution in [0.15, 0.2) is 0 Å². The normalized spacial score (nSPS) is 32.8. The summed E-state index contributed by atoms with van der Waals surface area (Å²) >= 11 is 0. The van der Waals surface area contributed by atoms with Crippen LogP contribution < -0.4 is 0 Å². The van der Waals surface area contributed by atoms with Crippen LogP contribution >= 0.6 is 0 Å². The monoisotopic (exact) mass is 192 g/mol. The number of hydrogen-bond donors (Lipinski definition) is 2. The smallest absolute Gasteiger partial charge is 0.341 e. The van der Waals surface area contributed by atoms with Crippen LogP contribution in [0.3, 0.4) is 0 Å². The Kier molecular flexibility index (Phi) is 3.22. The van der Waals surface area contributed by atoms with E-state index in [0.717, 1.165) is 6.42 Å². The first-order valence-electron chi connectivity index (χ1n) is 4.22. The van der Waals surface area contributed by atoms with Crippen molar-refractivity contribution in [2.45, 2.75) is 44.2 Å². The molecule has 1 heterocycles. The first-order chi connectivity index (χ1) is 6.02. The van der Waals surface area contributed by atoms with Gasteiger partial charge in [0.05, 0.1) is 12.2 Å². The Balaban J connectivity index is 2.47. The van der Waals surface area contributed by atoms with E-state index in [1.54, 1.807) is 6.92 Å².